The number of nitrogens with one attached hydrogen (secondary N) is 3. The van der Waals surface area contributed by atoms with Gasteiger partial charge in [0.05, 0.1) is 34.2 Å². The first-order chi connectivity index (χ1) is 15.1. The van der Waals surface area contributed by atoms with Crippen molar-refractivity contribution in [1.29, 1.82) is 10.5 Å². The van der Waals surface area contributed by atoms with Crippen molar-refractivity contribution in [3.63, 3.8) is 0 Å². The Bertz CT molecular complexity index is 1240. The first-order valence-electron chi connectivity index (χ1n) is 10.0. The molecule has 0 amide bonds. The van der Waals surface area contributed by atoms with Crippen LogP contribution in [0.3, 0.4) is 0 Å². The number of halogens is 1. The van der Waals surface area contributed by atoms with Crippen molar-refractivity contribution in [3.05, 3.63) is 34.5 Å². The maximum absolute atomic E-state index is 9.56. The average molecular weight is 435 g/mol. The number of hydrogen-bond donors (Lipinski definition) is 3. The lowest BCUT2D eigenvalue weighted by atomic mass is 9.91. The second kappa shape index (κ2) is 7.58. The van der Waals surface area contributed by atoms with Crippen LogP contribution in [0.4, 0.5) is 23.3 Å². The second-order valence-corrected chi connectivity index (χ2v) is 7.98. The van der Waals surface area contributed by atoms with Gasteiger partial charge >= 0.3 is 0 Å². The molecule has 1 aromatic carbocycles. The zero-order valence-corrected chi connectivity index (χ0v) is 17.5. The molecular weight excluding hydrogens is 416 g/mol. The topological polar surface area (TPSA) is 130 Å². The highest BCUT2D eigenvalue weighted by Gasteiger charge is 2.37. The summed E-state index contributed by atoms with van der Waals surface area (Å²) in [7, 11) is 0. The molecule has 2 bridgehead atoms. The fourth-order valence-corrected chi connectivity index (χ4v) is 4.39. The van der Waals surface area contributed by atoms with Crippen LogP contribution in [-0.4, -0.2) is 51.3 Å². The fourth-order valence-electron chi connectivity index (χ4n) is 4.11. The van der Waals surface area contributed by atoms with Crippen LogP contribution in [0.5, 0.6) is 0 Å². The van der Waals surface area contributed by atoms with Crippen molar-refractivity contribution < 1.29 is 0 Å². The average Bonchev–Trinajstić information content (AvgIpc) is 3.18. The molecule has 0 spiro atoms. The zero-order chi connectivity index (χ0) is 21.5. The highest BCUT2D eigenvalue weighted by atomic mass is 35.5. The van der Waals surface area contributed by atoms with Crippen LogP contribution >= 0.6 is 11.6 Å². The molecule has 3 aliphatic rings. The summed E-state index contributed by atoms with van der Waals surface area (Å²) in [6, 6.07) is 8.70. The summed E-state index contributed by atoms with van der Waals surface area (Å²) < 4.78 is 1.49. The van der Waals surface area contributed by atoms with E-state index in [9.17, 15) is 10.5 Å². The van der Waals surface area contributed by atoms with E-state index in [1.165, 1.54) is 17.1 Å². The number of aromatic nitrogens is 4. The Morgan fingerprint density at radius 3 is 2.68 bits per heavy atom. The number of rotatable bonds is 5. The summed E-state index contributed by atoms with van der Waals surface area (Å²) in [5.41, 5.74) is 2.56. The fraction of sp³-hybridized carbons (Fsp3) is 0.350. The van der Waals surface area contributed by atoms with Crippen molar-refractivity contribution >= 4 is 40.5 Å². The first-order valence-corrected chi connectivity index (χ1v) is 10.4. The van der Waals surface area contributed by atoms with E-state index in [0.29, 0.717) is 52.1 Å². The van der Waals surface area contributed by atoms with Crippen molar-refractivity contribution in [2.24, 2.45) is 0 Å². The van der Waals surface area contributed by atoms with E-state index < -0.39 is 0 Å². The Balaban J connectivity index is 1.55. The number of piperazine rings is 1. The third-order valence-corrected chi connectivity index (χ3v) is 5.91. The van der Waals surface area contributed by atoms with Gasteiger partial charge in [0, 0.05) is 31.7 Å². The normalized spacial score (nSPS) is 19.4. The molecule has 156 valence electrons. The largest absolute Gasteiger partial charge is 0.367 e. The molecule has 3 saturated heterocycles. The Morgan fingerprint density at radius 1 is 1.23 bits per heavy atom. The van der Waals surface area contributed by atoms with Gasteiger partial charge in [0.1, 0.15) is 11.6 Å². The Hall–Kier alpha value is -3.60. The maximum Gasteiger partial charge on any atom is 0.232 e. The van der Waals surface area contributed by atoms with Crippen LogP contribution in [0.15, 0.2) is 18.3 Å². The van der Waals surface area contributed by atoms with Crippen LogP contribution in [0, 0.1) is 22.7 Å². The van der Waals surface area contributed by atoms with Gasteiger partial charge in [-0.3, -0.25) is 0 Å². The van der Waals surface area contributed by atoms with Crippen molar-refractivity contribution in [1.82, 2.24) is 24.9 Å². The minimum atomic E-state index is 0.256. The van der Waals surface area contributed by atoms with Crippen LogP contribution < -0.4 is 20.9 Å². The third-order valence-electron chi connectivity index (χ3n) is 5.52. The molecule has 3 aliphatic heterocycles. The first kappa shape index (κ1) is 19.4. The van der Waals surface area contributed by atoms with E-state index in [0.717, 1.165) is 18.8 Å². The molecule has 0 aliphatic carbocycles. The van der Waals surface area contributed by atoms with Crippen LogP contribution in [0.25, 0.3) is 5.65 Å². The van der Waals surface area contributed by atoms with Gasteiger partial charge in [-0.15, -0.1) is 0 Å². The van der Waals surface area contributed by atoms with Crippen LogP contribution in [-0.2, 0) is 0 Å². The summed E-state index contributed by atoms with van der Waals surface area (Å²) in [4.78, 5) is 11.1. The lowest BCUT2D eigenvalue weighted by molar-refractivity contribution is 0.226. The molecule has 31 heavy (non-hydrogen) atoms. The number of hydrogen-bond acceptors (Lipinski definition) is 9. The lowest BCUT2D eigenvalue weighted by Gasteiger charge is -2.49. The molecule has 10 nitrogen and oxygen atoms in total. The third kappa shape index (κ3) is 3.36. The van der Waals surface area contributed by atoms with Gasteiger partial charge < -0.3 is 20.9 Å². The summed E-state index contributed by atoms with van der Waals surface area (Å²) in [6.45, 7) is 4.25. The monoisotopic (exact) mass is 434 g/mol. The number of piperidine rings is 1. The molecule has 2 unspecified atom stereocenters. The summed E-state index contributed by atoms with van der Waals surface area (Å²) >= 11 is 6.77. The number of anilines is 4. The number of nitrogens with zero attached hydrogens (tertiary/aromatic N) is 7. The Kier molecular flexibility index (Phi) is 4.74. The molecule has 5 heterocycles. The molecule has 0 saturated carbocycles. The zero-order valence-electron chi connectivity index (χ0n) is 16.7. The van der Waals surface area contributed by atoms with Gasteiger partial charge in [-0.05, 0) is 25.5 Å². The van der Waals surface area contributed by atoms with Crippen LogP contribution in [0.1, 0.15) is 24.5 Å². The smallest absolute Gasteiger partial charge is 0.232 e. The van der Waals surface area contributed by atoms with E-state index in [1.54, 1.807) is 6.07 Å². The standard InChI is InChI=1S/C20H19ClN10/c1-2-24-20-29-19(28-18-12(7-23)8-25-31(18)20)27-15-3-11(6-22)4-16(17(15)21)30-9-13-5-14(10-30)26-13/h3-4,8,13-14,26H,2,5,9-10H2,1H3,(H2,24,27,28,29). The van der Waals surface area contributed by atoms with Crippen LogP contribution in [0.2, 0.25) is 5.02 Å². The Morgan fingerprint density at radius 2 is 2.00 bits per heavy atom. The molecule has 11 heteroatoms. The number of nitriles is 2. The summed E-state index contributed by atoms with van der Waals surface area (Å²) in [5.74, 6) is 0.707. The van der Waals surface area contributed by atoms with E-state index >= 15 is 0 Å². The number of benzene rings is 1. The van der Waals surface area contributed by atoms with Crippen molar-refractivity contribution in [2.45, 2.75) is 25.4 Å². The molecule has 3 aromatic rings. The van der Waals surface area contributed by atoms with Crippen molar-refractivity contribution in [3.8, 4) is 12.1 Å². The highest BCUT2D eigenvalue weighted by molar-refractivity contribution is 6.36. The molecule has 2 atom stereocenters. The molecule has 3 fully saturated rings. The SMILES string of the molecule is CCNc1nc(Nc2cc(C#N)cc(N3CC4CC(C3)N4)c2Cl)nc2c(C#N)cnn12. The lowest BCUT2D eigenvalue weighted by Crippen LogP contribution is -2.67. The molecule has 3 N–H and O–H groups in total. The number of fused-ring (bicyclic) bond motifs is 3. The highest BCUT2D eigenvalue weighted by Crippen LogP contribution is 2.38. The predicted octanol–water partition coefficient (Wildman–Crippen LogP) is 2.25. The Labute approximate surface area is 183 Å². The molecule has 6 rings (SSSR count). The van der Waals surface area contributed by atoms with Gasteiger partial charge in [-0.2, -0.15) is 30.1 Å². The predicted molar refractivity (Wildman–Crippen MR) is 117 cm³/mol. The van der Waals surface area contributed by atoms with Gasteiger partial charge in [0.2, 0.25) is 11.9 Å². The van der Waals surface area contributed by atoms with E-state index in [2.05, 4.69) is 48.1 Å². The maximum atomic E-state index is 9.56. The van der Waals surface area contributed by atoms with Gasteiger partial charge in [0.15, 0.2) is 5.65 Å². The van der Waals surface area contributed by atoms with Gasteiger partial charge in [0.25, 0.3) is 0 Å². The summed E-state index contributed by atoms with van der Waals surface area (Å²) in [5, 5.41) is 33.4. The summed E-state index contributed by atoms with van der Waals surface area (Å²) in [6.07, 6.45) is 2.62. The molecule has 2 aromatic heterocycles. The molecule has 0 radical (unpaired) electrons. The van der Waals surface area contributed by atoms with Gasteiger partial charge in [-0.1, -0.05) is 11.6 Å². The van der Waals surface area contributed by atoms with E-state index in [1.807, 2.05) is 13.0 Å². The van der Waals surface area contributed by atoms with Gasteiger partial charge in [-0.25, -0.2) is 0 Å². The minimum Gasteiger partial charge on any atom is -0.367 e. The van der Waals surface area contributed by atoms with Crippen molar-refractivity contribution in [2.75, 3.05) is 35.2 Å². The molecular formula is C20H19ClN10. The van der Waals surface area contributed by atoms with E-state index in [4.69, 9.17) is 11.6 Å². The second-order valence-electron chi connectivity index (χ2n) is 7.60. The minimum absolute atomic E-state index is 0.256. The van der Waals surface area contributed by atoms with E-state index in [-0.39, 0.29) is 5.95 Å². The quantitative estimate of drug-likeness (QED) is 0.553.